The van der Waals surface area contributed by atoms with Crippen molar-refractivity contribution in [3.8, 4) is 11.9 Å². The number of carbonyl (C=O) groups excluding carboxylic acids is 1. The van der Waals surface area contributed by atoms with Gasteiger partial charge >= 0.3 is 0 Å². The van der Waals surface area contributed by atoms with Crippen LogP contribution in [-0.2, 0) is 20.4 Å². The highest BCUT2D eigenvalue weighted by molar-refractivity contribution is 7.93. The van der Waals surface area contributed by atoms with Crippen LogP contribution in [0.15, 0.2) is 102 Å². The smallest absolute Gasteiger partial charge is 0.273 e. The number of aromatic nitrogens is 3. The minimum absolute atomic E-state index is 0.0937. The predicted octanol–water partition coefficient (Wildman–Crippen LogP) is 4.10. The van der Waals surface area contributed by atoms with Crippen molar-refractivity contribution in [3.05, 3.63) is 114 Å². The van der Waals surface area contributed by atoms with Crippen LogP contribution in [0, 0.1) is 11.3 Å². The fourth-order valence-corrected chi connectivity index (χ4v) is 8.21. The van der Waals surface area contributed by atoms with Gasteiger partial charge in [-0.25, -0.2) is 17.7 Å². The highest BCUT2D eigenvalue weighted by Gasteiger charge is 2.61. The average molecular weight is 632 g/mol. The van der Waals surface area contributed by atoms with E-state index in [0.717, 1.165) is 9.99 Å². The molecule has 2 aromatic carbocycles. The van der Waals surface area contributed by atoms with Crippen molar-refractivity contribution in [2.24, 2.45) is 0 Å². The van der Waals surface area contributed by atoms with Gasteiger partial charge in [-0.2, -0.15) is 5.26 Å². The zero-order chi connectivity index (χ0) is 31.9. The first-order valence-corrected chi connectivity index (χ1v) is 16.3. The Morgan fingerprint density at radius 1 is 0.891 bits per heavy atom. The number of fused-ring (bicyclic) bond motifs is 2. The Morgan fingerprint density at radius 3 is 2.39 bits per heavy atom. The number of carbonyl (C=O) groups is 1. The molecule has 2 aliphatic heterocycles. The summed E-state index contributed by atoms with van der Waals surface area (Å²) < 4.78 is 36.4. The van der Waals surface area contributed by atoms with Gasteiger partial charge in [0.25, 0.3) is 15.9 Å². The molecule has 2 aliphatic rings. The number of amides is 1. The number of anilines is 2. The third-order valence-electron chi connectivity index (χ3n) is 8.57. The molecule has 1 unspecified atom stereocenters. The summed E-state index contributed by atoms with van der Waals surface area (Å²) >= 11 is 0. The molecule has 0 spiro atoms. The van der Waals surface area contributed by atoms with Crippen LogP contribution in [-0.4, -0.2) is 67.0 Å². The van der Waals surface area contributed by atoms with Gasteiger partial charge in [0.15, 0.2) is 5.54 Å². The second-order valence-corrected chi connectivity index (χ2v) is 12.7. The monoisotopic (exact) mass is 631 g/mol. The molecular weight excluding hydrogens is 602 g/mol. The Labute approximate surface area is 266 Å². The quantitative estimate of drug-likeness (QED) is 0.259. The number of hydrogen-bond acceptors (Lipinski definition) is 10. The topological polar surface area (TPSA) is 133 Å². The van der Waals surface area contributed by atoms with Gasteiger partial charge in [-0.15, -0.1) is 0 Å². The Kier molecular flexibility index (Phi) is 7.35. The number of nitriles is 1. The molecule has 1 atom stereocenters. The molecule has 5 heterocycles. The molecule has 0 bridgehead atoms. The number of ether oxygens (including phenoxy) is 1. The van der Waals surface area contributed by atoms with Crippen LogP contribution in [0.3, 0.4) is 0 Å². The SMILES string of the molecule is CCOc1ncccc1C1(N2CCN(c3ccncc3)CC2)C(=O)N(S(=O)(=O)c2cccc3cccnc23)c2ccc(C#N)cc21. The van der Waals surface area contributed by atoms with E-state index in [0.29, 0.717) is 48.3 Å². The Hall–Kier alpha value is -5.38. The number of sulfonamides is 1. The summed E-state index contributed by atoms with van der Waals surface area (Å²) in [5, 5.41) is 10.6. The lowest BCUT2D eigenvalue weighted by Gasteiger charge is -2.45. The maximum Gasteiger partial charge on any atom is 0.273 e. The maximum absolute atomic E-state index is 15.3. The zero-order valence-corrected chi connectivity index (χ0v) is 25.8. The number of para-hydroxylation sites is 1. The van der Waals surface area contributed by atoms with Gasteiger partial charge in [0, 0.05) is 73.2 Å². The van der Waals surface area contributed by atoms with Crippen molar-refractivity contribution in [2.75, 3.05) is 42.0 Å². The second-order valence-electron chi connectivity index (χ2n) is 10.9. The Bertz CT molecular complexity index is 2110. The van der Waals surface area contributed by atoms with Crippen LogP contribution in [0.5, 0.6) is 5.88 Å². The number of hydrogen-bond donors (Lipinski definition) is 0. The second kappa shape index (κ2) is 11.5. The van der Waals surface area contributed by atoms with Crippen molar-refractivity contribution in [1.29, 1.82) is 5.26 Å². The van der Waals surface area contributed by atoms with E-state index in [1.54, 1.807) is 61.1 Å². The molecular formula is C34H29N7O4S. The van der Waals surface area contributed by atoms with Crippen molar-refractivity contribution >= 4 is 38.2 Å². The van der Waals surface area contributed by atoms with Crippen molar-refractivity contribution < 1.29 is 17.9 Å². The molecule has 46 heavy (non-hydrogen) atoms. The highest BCUT2D eigenvalue weighted by Crippen LogP contribution is 2.53. The van der Waals surface area contributed by atoms with E-state index < -0.39 is 21.5 Å². The molecule has 230 valence electrons. The predicted molar refractivity (Wildman–Crippen MR) is 172 cm³/mol. The third-order valence-corrected chi connectivity index (χ3v) is 10.3. The summed E-state index contributed by atoms with van der Waals surface area (Å²) in [4.78, 5) is 32.4. The van der Waals surface area contributed by atoms with E-state index in [9.17, 15) is 13.7 Å². The fraction of sp³-hybridized carbons (Fsp3) is 0.206. The molecule has 11 nitrogen and oxygen atoms in total. The first kappa shape index (κ1) is 29.3. The molecule has 1 amide bonds. The standard InChI is InChI=1S/C34H29N7O4S/c1-2-45-32-27(8-5-15-38-32)34(40-20-18-39(19-21-40)26-12-16-36-17-13-26)28-22-24(23-35)10-11-29(28)41(33(34)42)46(43,44)30-9-3-6-25-7-4-14-37-31(25)30/h3-17,22H,2,18-21H2,1H3. The van der Waals surface area contributed by atoms with Crippen LogP contribution >= 0.6 is 0 Å². The van der Waals surface area contributed by atoms with E-state index >= 15 is 4.79 Å². The Balaban J connectivity index is 1.46. The zero-order valence-electron chi connectivity index (χ0n) is 24.9. The van der Waals surface area contributed by atoms with Crippen molar-refractivity contribution in [2.45, 2.75) is 17.4 Å². The lowest BCUT2D eigenvalue weighted by Crippen LogP contribution is -2.60. The molecule has 7 rings (SSSR count). The molecule has 1 fully saturated rings. The average Bonchev–Trinajstić information content (AvgIpc) is 3.37. The van der Waals surface area contributed by atoms with Crippen LogP contribution in [0.2, 0.25) is 0 Å². The number of pyridine rings is 3. The minimum atomic E-state index is -4.51. The molecule has 12 heteroatoms. The summed E-state index contributed by atoms with van der Waals surface area (Å²) in [5.41, 5.74) is 0.824. The largest absolute Gasteiger partial charge is 0.478 e. The molecule has 5 aromatic rings. The van der Waals surface area contributed by atoms with Gasteiger partial charge in [0.2, 0.25) is 5.88 Å². The molecule has 0 saturated carbocycles. The van der Waals surface area contributed by atoms with Crippen LogP contribution in [0.25, 0.3) is 10.9 Å². The maximum atomic E-state index is 15.3. The van der Waals surface area contributed by atoms with Gasteiger partial charge in [0.05, 0.1) is 29.4 Å². The molecule has 3 aromatic heterocycles. The van der Waals surface area contributed by atoms with Gasteiger partial charge in [0.1, 0.15) is 4.90 Å². The lowest BCUT2D eigenvalue weighted by molar-refractivity contribution is -0.127. The molecule has 0 N–H and O–H groups in total. The van der Waals surface area contributed by atoms with Crippen LogP contribution < -0.4 is 13.9 Å². The lowest BCUT2D eigenvalue weighted by atomic mass is 9.81. The van der Waals surface area contributed by atoms with E-state index in [2.05, 4.69) is 25.9 Å². The van der Waals surface area contributed by atoms with Crippen LogP contribution in [0.4, 0.5) is 11.4 Å². The number of benzene rings is 2. The summed E-state index contributed by atoms with van der Waals surface area (Å²) in [5.74, 6) is -0.480. The van der Waals surface area contributed by atoms with Gasteiger partial charge in [-0.05, 0) is 61.5 Å². The summed E-state index contributed by atoms with van der Waals surface area (Å²) in [6.07, 6.45) is 6.57. The number of piperazine rings is 1. The third kappa shape index (κ3) is 4.47. The van der Waals surface area contributed by atoms with Gasteiger partial charge in [-0.3, -0.25) is 19.7 Å². The van der Waals surface area contributed by atoms with Gasteiger partial charge < -0.3 is 9.64 Å². The summed E-state index contributed by atoms with van der Waals surface area (Å²) in [6, 6.07) is 22.6. The van der Waals surface area contributed by atoms with E-state index in [1.807, 2.05) is 24.0 Å². The van der Waals surface area contributed by atoms with Crippen molar-refractivity contribution in [3.63, 3.8) is 0 Å². The molecule has 1 saturated heterocycles. The molecule has 0 radical (unpaired) electrons. The van der Waals surface area contributed by atoms with E-state index in [-0.39, 0.29) is 28.6 Å². The van der Waals surface area contributed by atoms with E-state index in [4.69, 9.17) is 4.74 Å². The Morgan fingerprint density at radius 2 is 1.63 bits per heavy atom. The van der Waals surface area contributed by atoms with E-state index in [1.165, 1.54) is 24.4 Å². The van der Waals surface area contributed by atoms with Crippen molar-refractivity contribution in [1.82, 2.24) is 19.9 Å². The van der Waals surface area contributed by atoms with Crippen LogP contribution in [0.1, 0.15) is 23.6 Å². The normalized spacial score (nSPS) is 18.4. The summed E-state index contributed by atoms with van der Waals surface area (Å²) in [6.45, 7) is 4.00. The van der Waals surface area contributed by atoms with Gasteiger partial charge in [-0.1, -0.05) is 18.2 Å². The first-order chi connectivity index (χ1) is 22.4. The fourth-order valence-electron chi connectivity index (χ4n) is 6.57. The minimum Gasteiger partial charge on any atom is -0.478 e. The highest BCUT2D eigenvalue weighted by atomic mass is 32.2. The molecule has 0 aliphatic carbocycles. The number of nitrogens with zero attached hydrogens (tertiary/aromatic N) is 7. The number of rotatable bonds is 7. The first-order valence-electron chi connectivity index (χ1n) is 14.9. The summed E-state index contributed by atoms with van der Waals surface area (Å²) in [7, 11) is -4.51.